The van der Waals surface area contributed by atoms with Crippen molar-refractivity contribution in [3.05, 3.63) is 57.8 Å². The molecule has 20 heavy (non-hydrogen) atoms. The molecule has 3 aromatic rings. The molecule has 0 saturated carbocycles. The Morgan fingerprint density at radius 3 is 2.80 bits per heavy atom. The molecule has 1 heterocycles. The summed E-state index contributed by atoms with van der Waals surface area (Å²) in [5.41, 5.74) is 3.00. The average molecular weight is 305 g/mol. The molecule has 0 fully saturated rings. The fourth-order valence-corrected chi connectivity index (χ4v) is 2.80. The second kappa shape index (κ2) is 5.31. The lowest BCUT2D eigenvalue weighted by Crippen LogP contribution is -2.02. The maximum Gasteiger partial charge on any atom is 0.178 e. The first-order valence-corrected chi connectivity index (χ1v) is 6.98. The molecule has 0 saturated heterocycles. The van der Waals surface area contributed by atoms with E-state index in [-0.39, 0.29) is 0 Å². The van der Waals surface area contributed by atoms with Gasteiger partial charge in [0.15, 0.2) is 4.77 Å². The number of fused-ring (bicyclic) bond motifs is 1. The summed E-state index contributed by atoms with van der Waals surface area (Å²) in [5.74, 6) is 0.768. The van der Waals surface area contributed by atoms with Crippen LogP contribution < -0.4 is 4.74 Å². The Morgan fingerprint density at radius 2 is 2.00 bits per heavy atom. The van der Waals surface area contributed by atoms with E-state index in [1.807, 2.05) is 47.0 Å². The Bertz CT molecular complexity index is 822. The van der Waals surface area contributed by atoms with Gasteiger partial charge in [-0.1, -0.05) is 29.8 Å². The van der Waals surface area contributed by atoms with Crippen LogP contribution in [0.25, 0.3) is 11.0 Å². The van der Waals surface area contributed by atoms with Crippen molar-refractivity contribution in [3.63, 3.8) is 0 Å². The monoisotopic (exact) mass is 304 g/mol. The molecule has 102 valence electrons. The summed E-state index contributed by atoms with van der Waals surface area (Å²) in [4.78, 5) is 3.20. The SMILES string of the molecule is COc1cccc(Cl)c1Cn1c(=S)[nH]c2ccccc21. The number of aromatic nitrogens is 2. The highest BCUT2D eigenvalue weighted by Crippen LogP contribution is 2.28. The Kier molecular flexibility index (Phi) is 3.51. The highest BCUT2D eigenvalue weighted by atomic mass is 35.5. The van der Waals surface area contributed by atoms with Gasteiger partial charge in [0.05, 0.1) is 24.7 Å². The minimum atomic E-state index is 0.575. The number of nitrogens with one attached hydrogen (secondary N) is 1. The summed E-state index contributed by atoms with van der Waals surface area (Å²) in [6.45, 7) is 0.575. The molecule has 0 aliphatic carbocycles. The van der Waals surface area contributed by atoms with Crippen LogP contribution in [-0.4, -0.2) is 16.7 Å². The van der Waals surface area contributed by atoms with Crippen molar-refractivity contribution in [2.24, 2.45) is 0 Å². The number of methoxy groups -OCH3 is 1. The topological polar surface area (TPSA) is 29.9 Å². The van der Waals surface area contributed by atoms with Gasteiger partial charge in [0.1, 0.15) is 5.75 Å². The van der Waals surface area contributed by atoms with E-state index in [4.69, 9.17) is 28.6 Å². The molecule has 2 aromatic carbocycles. The molecule has 3 rings (SSSR count). The first kappa shape index (κ1) is 13.2. The number of aromatic amines is 1. The van der Waals surface area contributed by atoms with Gasteiger partial charge < -0.3 is 14.3 Å². The average Bonchev–Trinajstić information content (AvgIpc) is 2.77. The quantitative estimate of drug-likeness (QED) is 0.726. The molecule has 1 N–H and O–H groups in total. The van der Waals surface area contributed by atoms with Gasteiger partial charge in [-0.15, -0.1) is 0 Å². The zero-order valence-corrected chi connectivity index (χ0v) is 12.5. The van der Waals surface area contributed by atoms with Crippen molar-refractivity contribution in [2.75, 3.05) is 7.11 Å². The van der Waals surface area contributed by atoms with Gasteiger partial charge in [-0.25, -0.2) is 0 Å². The van der Waals surface area contributed by atoms with Gasteiger partial charge in [0.2, 0.25) is 0 Å². The highest BCUT2D eigenvalue weighted by molar-refractivity contribution is 7.71. The summed E-state index contributed by atoms with van der Waals surface area (Å²) >= 11 is 11.7. The Hall–Kier alpha value is -1.78. The molecule has 5 heteroatoms. The number of hydrogen-bond donors (Lipinski definition) is 1. The summed E-state index contributed by atoms with van der Waals surface area (Å²) in [6, 6.07) is 13.6. The number of H-pyrrole nitrogens is 1. The minimum absolute atomic E-state index is 0.575. The number of imidazole rings is 1. The number of halogens is 1. The van der Waals surface area contributed by atoms with E-state index in [1.165, 1.54) is 0 Å². The maximum atomic E-state index is 6.29. The second-order valence-electron chi connectivity index (χ2n) is 4.45. The van der Waals surface area contributed by atoms with E-state index in [2.05, 4.69) is 4.98 Å². The van der Waals surface area contributed by atoms with Gasteiger partial charge >= 0.3 is 0 Å². The predicted octanol–water partition coefficient (Wildman–Crippen LogP) is 4.41. The van der Waals surface area contributed by atoms with Crippen LogP contribution >= 0.6 is 23.8 Å². The Labute approximate surface area is 126 Å². The van der Waals surface area contributed by atoms with Crippen molar-refractivity contribution in [1.29, 1.82) is 0 Å². The molecule has 0 aliphatic rings. The summed E-state index contributed by atoms with van der Waals surface area (Å²) in [5, 5.41) is 0.677. The van der Waals surface area contributed by atoms with Crippen LogP contribution in [0.4, 0.5) is 0 Å². The lowest BCUT2D eigenvalue weighted by molar-refractivity contribution is 0.408. The zero-order valence-electron chi connectivity index (χ0n) is 10.9. The Balaban J connectivity index is 2.15. The lowest BCUT2D eigenvalue weighted by atomic mass is 10.2. The van der Waals surface area contributed by atoms with Crippen molar-refractivity contribution >= 4 is 34.9 Å². The standard InChI is InChI=1S/C15H13ClN2OS/c1-19-14-8-4-5-11(16)10(14)9-18-13-7-3-2-6-12(13)17-15(18)20/h2-8H,9H2,1H3,(H,17,20). The number of hydrogen-bond acceptors (Lipinski definition) is 2. The van der Waals surface area contributed by atoms with Crippen LogP contribution in [0.1, 0.15) is 5.56 Å². The third-order valence-electron chi connectivity index (χ3n) is 3.29. The summed E-state index contributed by atoms with van der Waals surface area (Å²) in [7, 11) is 1.64. The summed E-state index contributed by atoms with van der Waals surface area (Å²) < 4.78 is 8.08. The van der Waals surface area contributed by atoms with Crippen LogP contribution in [0.15, 0.2) is 42.5 Å². The highest BCUT2D eigenvalue weighted by Gasteiger charge is 2.11. The fourth-order valence-electron chi connectivity index (χ4n) is 2.31. The van der Waals surface area contributed by atoms with E-state index in [0.29, 0.717) is 16.3 Å². The molecule has 0 amide bonds. The number of rotatable bonds is 3. The van der Waals surface area contributed by atoms with Gasteiger partial charge in [-0.05, 0) is 36.5 Å². The summed E-state index contributed by atoms with van der Waals surface area (Å²) in [6.07, 6.45) is 0. The minimum Gasteiger partial charge on any atom is -0.496 e. The van der Waals surface area contributed by atoms with Crippen molar-refractivity contribution in [3.8, 4) is 5.75 Å². The van der Waals surface area contributed by atoms with E-state index >= 15 is 0 Å². The van der Waals surface area contributed by atoms with Crippen molar-refractivity contribution < 1.29 is 4.74 Å². The maximum absolute atomic E-state index is 6.29. The molecule has 0 aliphatic heterocycles. The number of benzene rings is 2. The Morgan fingerprint density at radius 1 is 1.20 bits per heavy atom. The first-order valence-electron chi connectivity index (χ1n) is 6.19. The van der Waals surface area contributed by atoms with Crippen LogP contribution in [0.5, 0.6) is 5.75 Å². The second-order valence-corrected chi connectivity index (χ2v) is 5.25. The molecule has 0 bridgehead atoms. The molecule has 0 atom stereocenters. The molecular formula is C15H13ClN2OS. The zero-order chi connectivity index (χ0) is 14.1. The molecular weight excluding hydrogens is 292 g/mol. The fraction of sp³-hybridized carbons (Fsp3) is 0.133. The molecule has 3 nitrogen and oxygen atoms in total. The van der Waals surface area contributed by atoms with Crippen LogP contribution in [-0.2, 0) is 6.54 Å². The normalized spacial score (nSPS) is 10.9. The van der Waals surface area contributed by atoms with Crippen LogP contribution in [0.3, 0.4) is 0 Å². The van der Waals surface area contributed by atoms with Gasteiger partial charge in [-0.2, -0.15) is 0 Å². The largest absolute Gasteiger partial charge is 0.496 e. The van der Waals surface area contributed by atoms with Crippen molar-refractivity contribution in [2.45, 2.75) is 6.54 Å². The predicted molar refractivity (Wildman–Crippen MR) is 84.2 cm³/mol. The first-order chi connectivity index (χ1) is 9.70. The molecule has 1 aromatic heterocycles. The number of ether oxygens (including phenoxy) is 1. The van der Waals surface area contributed by atoms with Crippen molar-refractivity contribution in [1.82, 2.24) is 9.55 Å². The van der Waals surface area contributed by atoms with E-state index in [0.717, 1.165) is 22.3 Å². The third kappa shape index (κ3) is 2.21. The van der Waals surface area contributed by atoms with Gasteiger partial charge in [0.25, 0.3) is 0 Å². The smallest absolute Gasteiger partial charge is 0.178 e. The third-order valence-corrected chi connectivity index (χ3v) is 3.97. The van der Waals surface area contributed by atoms with Crippen LogP contribution in [0.2, 0.25) is 5.02 Å². The van der Waals surface area contributed by atoms with E-state index < -0.39 is 0 Å². The molecule has 0 spiro atoms. The van der Waals surface area contributed by atoms with E-state index in [9.17, 15) is 0 Å². The van der Waals surface area contributed by atoms with Gasteiger partial charge in [0, 0.05) is 10.6 Å². The van der Waals surface area contributed by atoms with Gasteiger partial charge in [-0.3, -0.25) is 0 Å². The van der Waals surface area contributed by atoms with E-state index in [1.54, 1.807) is 7.11 Å². The number of para-hydroxylation sites is 2. The lowest BCUT2D eigenvalue weighted by Gasteiger charge is -2.11. The molecule has 0 unspecified atom stereocenters. The van der Waals surface area contributed by atoms with Crippen LogP contribution in [0, 0.1) is 4.77 Å². The number of nitrogens with zero attached hydrogens (tertiary/aromatic N) is 1. The molecule has 0 radical (unpaired) electrons.